The number of ether oxygens (including phenoxy) is 2. The van der Waals surface area contributed by atoms with Crippen LogP contribution in [0, 0.1) is 11.3 Å². The number of nitrogens with one attached hydrogen (secondary N) is 1. The summed E-state index contributed by atoms with van der Waals surface area (Å²) in [6.07, 6.45) is 5.77. The summed E-state index contributed by atoms with van der Waals surface area (Å²) in [5, 5.41) is 22.6. The molecule has 2 fully saturated rings. The van der Waals surface area contributed by atoms with Crippen LogP contribution in [0.4, 0.5) is 0 Å². The summed E-state index contributed by atoms with van der Waals surface area (Å²) in [5.41, 5.74) is 0.806. The number of rotatable bonds is 8. The van der Waals surface area contributed by atoms with E-state index in [2.05, 4.69) is 16.3 Å². The third-order valence-corrected chi connectivity index (χ3v) is 5.73. The predicted molar refractivity (Wildman–Crippen MR) is 104 cm³/mol. The molecule has 1 saturated heterocycles. The predicted octanol–water partition coefficient (Wildman–Crippen LogP) is 1.92. The van der Waals surface area contributed by atoms with Crippen molar-refractivity contribution in [2.45, 2.75) is 43.7 Å². The van der Waals surface area contributed by atoms with Crippen LogP contribution < -0.4 is 10.1 Å². The van der Waals surface area contributed by atoms with Crippen molar-refractivity contribution in [3.63, 3.8) is 0 Å². The van der Waals surface area contributed by atoms with E-state index in [1.807, 2.05) is 0 Å². The van der Waals surface area contributed by atoms with Gasteiger partial charge in [-0.2, -0.15) is 5.26 Å². The Morgan fingerprint density at radius 2 is 1.89 bits per heavy atom. The van der Waals surface area contributed by atoms with Gasteiger partial charge in [-0.1, -0.05) is 19.3 Å². The second-order valence-electron chi connectivity index (χ2n) is 7.62. The van der Waals surface area contributed by atoms with Gasteiger partial charge in [-0.15, -0.1) is 0 Å². The first-order chi connectivity index (χ1) is 13.2. The largest absolute Gasteiger partial charge is 0.491 e. The van der Waals surface area contributed by atoms with Crippen molar-refractivity contribution in [3.05, 3.63) is 29.8 Å². The Morgan fingerprint density at radius 1 is 1.19 bits per heavy atom. The molecule has 2 N–H and O–H groups in total. The van der Waals surface area contributed by atoms with Gasteiger partial charge >= 0.3 is 0 Å². The molecule has 1 atom stereocenters. The zero-order chi connectivity index (χ0) is 19.0. The lowest BCUT2D eigenvalue weighted by Crippen LogP contribution is -2.59. The Kier molecular flexibility index (Phi) is 7.48. The van der Waals surface area contributed by atoms with Crippen LogP contribution in [-0.4, -0.2) is 67.6 Å². The zero-order valence-electron chi connectivity index (χ0n) is 16.0. The first-order valence-corrected chi connectivity index (χ1v) is 10.1. The van der Waals surface area contributed by atoms with E-state index in [0.29, 0.717) is 17.9 Å². The highest BCUT2D eigenvalue weighted by Gasteiger charge is 2.38. The molecule has 0 radical (unpaired) electrons. The Balaban J connectivity index is 1.44. The third kappa shape index (κ3) is 5.66. The summed E-state index contributed by atoms with van der Waals surface area (Å²) in [4.78, 5) is 2.60. The van der Waals surface area contributed by atoms with E-state index in [1.54, 1.807) is 24.3 Å². The molecule has 2 aliphatic rings. The Bertz CT molecular complexity index is 602. The number of morpholine rings is 1. The van der Waals surface area contributed by atoms with Crippen LogP contribution in [0.25, 0.3) is 0 Å². The molecule has 1 heterocycles. The summed E-state index contributed by atoms with van der Waals surface area (Å²) in [6.45, 7) is 5.32. The summed E-state index contributed by atoms with van der Waals surface area (Å²) in [5.74, 6) is 0.671. The molecule has 6 heteroatoms. The van der Waals surface area contributed by atoms with Crippen molar-refractivity contribution in [2.24, 2.45) is 0 Å². The minimum atomic E-state index is -0.564. The van der Waals surface area contributed by atoms with Crippen LogP contribution in [0.3, 0.4) is 0 Å². The van der Waals surface area contributed by atoms with Gasteiger partial charge in [-0.05, 0) is 37.1 Å². The van der Waals surface area contributed by atoms with Gasteiger partial charge in [0.2, 0.25) is 0 Å². The maximum atomic E-state index is 10.3. The van der Waals surface area contributed by atoms with Gasteiger partial charge in [0.25, 0.3) is 0 Å². The molecule has 0 bridgehead atoms. The van der Waals surface area contributed by atoms with Gasteiger partial charge < -0.3 is 19.9 Å². The lowest BCUT2D eigenvalue weighted by Gasteiger charge is -2.48. The molecule has 1 aromatic carbocycles. The van der Waals surface area contributed by atoms with Gasteiger partial charge in [0.15, 0.2) is 0 Å². The number of aliphatic hydroxyl groups excluding tert-OH is 1. The first-order valence-electron chi connectivity index (χ1n) is 10.1. The van der Waals surface area contributed by atoms with E-state index in [0.717, 1.165) is 32.8 Å². The third-order valence-electron chi connectivity index (χ3n) is 5.73. The fourth-order valence-electron chi connectivity index (χ4n) is 4.20. The van der Waals surface area contributed by atoms with Crippen LogP contribution in [0.2, 0.25) is 0 Å². The number of nitrogens with zero attached hydrogens (tertiary/aromatic N) is 2. The lowest BCUT2D eigenvalue weighted by molar-refractivity contribution is -0.0378. The van der Waals surface area contributed by atoms with Crippen molar-refractivity contribution in [3.8, 4) is 11.8 Å². The van der Waals surface area contributed by atoms with Crippen molar-refractivity contribution in [1.29, 1.82) is 5.26 Å². The molecule has 1 aliphatic carbocycles. The normalized spacial score (nSPS) is 21.3. The van der Waals surface area contributed by atoms with Crippen molar-refractivity contribution >= 4 is 0 Å². The highest BCUT2D eigenvalue weighted by atomic mass is 16.5. The fraction of sp³-hybridized carbons (Fsp3) is 0.667. The molecule has 148 valence electrons. The minimum Gasteiger partial charge on any atom is -0.491 e. The molecule has 0 aromatic heterocycles. The van der Waals surface area contributed by atoms with Crippen LogP contribution in [0.1, 0.15) is 37.7 Å². The number of benzene rings is 1. The van der Waals surface area contributed by atoms with Crippen LogP contribution in [0.15, 0.2) is 24.3 Å². The summed E-state index contributed by atoms with van der Waals surface area (Å²) >= 11 is 0. The van der Waals surface area contributed by atoms with E-state index in [1.165, 1.54) is 32.1 Å². The minimum absolute atomic E-state index is 0.204. The number of aliphatic hydroxyl groups is 1. The van der Waals surface area contributed by atoms with Crippen LogP contribution in [-0.2, 0) is 4.74 Å². The zero-order valence-corrected chi connectivity index (χ0v) is 16.0. The number of nitriles is 1. The monoisotopic (exact) mass is 373 g/mol. The van der Waals surface area contributed by atoms with Crippen molar-refractivity contribution < 1.29 is 14.6 Å². The standard InChI is InChI=1S/C21H31N3O3/c22-14-18-4-6-20(7-5-18)27-16-19(25)15-23-17-21(8-2-1-3-9-21)24-10-12-26-13-11-24/h4-7,19,23,25H,1-3,8-13,15-17H2. The molecule has 27 heavy (non-hydrogen) atoms. The molecule has 1 aliphatic heterocycles. The summed E-state index contributed by atoms with van der Waals surface area (Å²) in [6, 6.07) is 9.03. The molecular weight excluding hydrogens is 342 g/mol. The number of hydrogen-bond donors (Lipinski definition) is 2. The summed E-state index contributed by atoms with van der Waals surface area (Å²) < 4.78 is 11.2. The average Bonchev–Trinajstić information content (AvgIpc) is 2.74. The van der Waals surface area contributed by atoms with Crippen molar-refractivity contribution in [1.82, 2.24) is 10.2 Å². The van der Waals surface area contributed by atoms with E-state index in [-0.39, 0.29) is 12.1 Å². The number of hydrogen-bond acceptors (Lipinski definition) is 6. The average molecular weight is 373 g/mol. The highest BCUT2D eigenvalue weighted by Crippen LogP contribution is 2.33. The van der Waals surface area contributed by atoms with Gasteiger partial charge in [0.05, 0.1) is 24.8 Å². The molecule has 3 rings (SSSR count). The maximum absolute atomic E-state index is 10.3. The molecule has 0 spiro atoms. The molecule has 1 aromatic rings. The molecule has 6 nitrogen and oxygen atoms in total. The Hall–Kier alpha value is -1.65. The molecule has 1 saturated carbocycles. The second-order valence-corrected chi connectivity index (χ2v) is 7.62. The van der Waals surface area contributed by atoms with Crippen LogP contribution >= 0.6 is 0 Å². The SMILES string of the molecule is N#Cc1ccc(OCC(O)CNCC2(N3CCOCC3)CCCCC2)cc1. The van der Waals surface area contributed by atoms with E-state index < -0.39 is 6.10 Å². The molecular formula is C21H31N3O3. The molecule has 1 unspecified atom stereocenters. The highest BCUT2D eigenvalue weighted by molar-refractivity contribution is 5.34. The Morgan fingerprint density at radius 3 is 2.56 bits per heavy atom. The van der Waals surface area contributed by atoms with Crippen LogP contribution in [0.5, 0.6) is 5.75 Å². The van der Waals surface area contributed by atoms with Gasteiger partial charge in [-0.3, -0.25) is 4.90 Å². The topological polar surface area (TPSA) is 77.8 Å². The first kappa shape index (κ1) is 20.1. The lowest BCUT2D eigenvalue weighted by atomic mass is 9.79. The quantitative estimate of drug-likeness (QED) is 0.725. The molecule has 0 amide bonds. The van der Waals surface area contributed by atoms with Gasteiger partial charge in [0, 0.05) is 31.7 Å². The fourth-order valence-corrected chi connectivity index (χ4v) is 4.20. The summed E-state index contributed by atoms with van der Waals surface area (Å²) in [7, 11) is 0. The van der Waals surface area contributed by atoms with Crippen molar-refractivity contribution in [2.75, 3.05) is 46.0 Å². The smallest absolute Gasteiger partial charge is 0.119 e. The Labute approximate surface area is 162 Å². The van der Waals surface area contributed by atoms with E-state index in [9.17, 15) is 5.11 Å². The van der Waals surface area contributed by atoms with Gasteiger partial charge in [-0.25, -0.2) is 0 Å². The van der Waals surface area contributed by atoms with E-state index in [4.69, 9.17) is 14.7 Å². The maximum Gasteiger partial charge on any atom is 0.119 e. The van der Waals surface area contributed by atoms with Gasteiger partial charge in [0.1, 0.15) is 18.5 Å². The second kappa shape index (κ2) is 10.0. The van der Waals surface area contributed by atoms with E-state index >= 15 is 0 Å².